The Bertz CT molecular complexity index is 353. The third kappa shape index (κ3) is 1.78. The Labute approximate surface area is 86.9 Å². The largest absolute Gasteiger partial charge is 0.465 e. The van der Waals surface area contributed by atoms with E-state index in [-0.39, 0.29) is 0 Å². The van der Waals surface area contributed by atoms with Crippen molar-refractivity contribution in [2.45, 2.75) is 19.3 Å². The maximum atomic E-state index is 11.6. The fraction of sp³-hybridized carbons (Fsp3) is 0.400. The summed E-state index contributed by atoms with van der Waals surface area (Å²) >= 11 is 1.39. The first kappa shape index (κ1) is 10.7. The maximum Gasteiger partial charge on any atom is 0.331 e. The van der Waals surface area contributed by atoms with E-state index in [1.54, 1.807) is 19.9 Å². The molecule has 1 aromatic heterocycles. The minimum absolute atomic E-state index is 0.293. The molecule has 1 aromatic rings. The lowest BCUT2D eigenvalue weighted by atomic mass is 9.91. The van der Waals surface area contributed by atoms with Crippen molar-refractivity contribution in [2.24, 2.45) is 0 Å². The van der Waals surface area contributed by atoms with Crippen LogP contribution in [-0.2, 0) is 14.9 Å². The molecule has 0 aliphatic rings. The fourth-order valence-electron chi connectivity index (χ4n) is 1.04. The first-order chi connectivity index (χ1) is 6.65. The van der Waals surface area contributed by atoms with Gasteiger partial charge in [-0.3, -0.25) is 0 Å². The zero-order chi connectivity index (χ0) is 10.6. The third-order valence-corrected chi connectivity index (χ3v) is 3.01. The second-order valence-corrected chi connectivity index (χ2v) is 3.88. The van der Waals surface area contributed by atoms with E-state index in [2.05, 4.69) is 0 Å². The molecule has 1 atom stereocenters. The molecule has 0 spiro atoms. The van der Waals surface area contributed by atoms with Gasteiger partial charge in [0.2, 0.25) is 0 Å². The van der Waals surface area contributed by atoms with E-state index in [0.29, 0.717) is 6.61 Å². The van der Waals surface area contributed by atoms with Gasteiger partial charge in [0.05, 0.1) is 12.7 Å². The predicted molar refractivity (Wildman–Crippen MR) is 53.9 cm³/mol. The minimum atomic E-state index is -1.16. The molecule has 14 heavy (non-hydrogen) atoms. The molecule has 0 amide bonds. The van der Waals surface area contributed by atoms with Crippen LogP contribution in [0.4, 0.5) is 0 Å². The van der Waals surface area contributed by atoms with Crippen molar-refractivity contribution in [2.75, 3.05) is 6.61 Å². The SMILES string of the molecule is CCOC(=O)C(C)(C#N)c1cccs1. The standard InChI is InChI=1S/C10H11NO2S/c1-3-13-9(12)10(2,7-11)8-5-4-6-14-8/h4-6H,3H2,1-2H3. The van der Waals surface area contributed by atoms with Crippen molar-refractivity contribution >= 4 is 17.3 Å². The van der Waals surface area contributed by atoms with Crippen LogP contribution in [0.1, 0.15) is 18.7 Å². The normalized spacial score (nSPS) is 14.1. The van der Waals surface area contributed by atoms with Gasteiger partial charge in [-0.05, 0) is 25.3 Å². The summed E-state index contributed by atoms with van der Waals surface area (Å²) in [5.41, 5.74) is -1.16. The molecule has 1 unspecified atom stereocenters. The number of nitrogens with zero attached hydrogens (tertiary/aromatic N) is 1. The lowest BCUT2D eigenvalue weighted by molar-refractivity contribution is -0.147. The molecule has 0 radical (unpaired) electrons. The topological polar surface area (TPSA) is 50.1 Å². The van der Waals surface area contributed by atoms with Crippen molar-refractivity contribution in [1.82, 2.24) is 0 Å². The number of thiophene rings is 1. The van der Waals surface area contributed by atoms with Crippen LogP contribution in [0.2, 0.25) is 0 Å². The first-order valence-electron chi connectivity index (χ1n) is 4.27. The average Bonchev–Trinajstić information content (AvgIpc) is 2.70. The van der Waals surface area contributed by atoms with Gasteiger partial charge >= 0.3 is 5.97 Å². The van der Waals surface area contributed by atoms with Crippen LogP contribution in [0.15, 0.2) is 17.5 Å². The van der Waals surface area contributed by atoms with Gasteiger partial charge in [-0.1, -0.05) is 6.07 Å². The van der Waals surface area contributed by atoms with Crippen molar-refractivity contribution in [3.63, 3.8) is 0 Å². The number of esters is 1. The van der Waals surface area contributed by atoms with Crippen molar-refractivity contribution in [3.05, 3.63) is 22.4 Å². The molecule has 0 saturated heterocycles. The van der Waals surface area contributed by atoms with E-state index >= 15 is 0 Å². The zero-order valence-corrected chi connectivity index (χ0v) is 8.93. The highest BCUT2D eigenvalue weighted by molar-refractivity contribution is 7.10. The van der Waals surface area contributed by atoms with Crippen molar-refractivity contribution < 1.29 is 9.53 Å². The van der Waals surface area contributed by atoms with Gasteiger partial charge in [-0.15, -0.1) is 11.3 Å². The Morgan fingerprint density at radius 3 is 2.93 bits per heavy atom. The van der Waals surface area contributed by atoms with E-state index in [9.17, 15) is 4.79 Å². The Morgan fingerprint density at radius 1 is 1.79 bits per heavy atom. The molecular weight excluding hydrogens is 198 g/mol. The molecule has 3 nitrogen and oxygen atoms in total. The lowest BCUT2D eigenvalue weighted by Gasteiger charge is -2.17. The summed E-state index contributed by atoms with van der Waals surface area (Å²) in [6.45, 7) is 3.60. The minimum Gasteiger partial charge on any atom is -0.465 e. The first-order valence-corrected chi connectivity index (χ1v) is 5.15. The molecule has 1 heterocycles. The summed E-state index contributed by atoms with van der Waals surface area (Å²) in [6.07, 6.45) is 0. The summed E-state index contributed by atoms with van der Waals surface area (Å²) in [4.78, 5) is 12.3. The highest BCUT2D eigenvalue weighted by Crippen LogP contribution is 2.28. The van der Waals surface area contributed by atoms with Crippen LogP contribution in [0.3, 0.4) is 0 Å². The quantitative estimate of drug-likeness (QED) is 0.716. The van der Waals surface area contributed by atoms with Crippen LogP contribution in [-0.4, -0.2) is 12.6 Å². The molecule has 0 N–H and O–H groups in total. The van der Waals surface area contributed by atoms with E-state index in [1.807, 2.05) is 17.5 Å². The van der Waals surface area contributed by atoms with Gasteiger partial charge in [0, 0.05) is 4.88 Å². The molecule has 1 rings (SSSR count). The highest BCUT2D eigenvalue weighted by Gasteiger charge is 2.37. The summed E-state index contributed by atoms with van der Waals surface area (Å²) in [5, 5.41) is 10.8. The van der Waals surface area contributed by atoms with E-state index in [1.165, 1.54) is 11.3 Å². The van der Waals surface area contributed by atoms with Gasteiger partial charge in [-0.2, -0.15) is 5.26 Å². The molecule has 0 bridgehead atoms. The summed E-state index contributed by atoms with van der Waals surface area (Å²) in [7, 11) is 0. The number of carbonyl (C=O) groups is 1. The second-order valence-electron chi connectivity index (χ2n) is 2.93. The van der Waals surface area contributed by atoms with Crippen LogP contribution in [0.5, 0.6) is 0 Å². The van der Waals surface area contributed by atoms with Gasteiger partial charge in [0.25, 0.3) is 0 Å². The smallest absolute Gasteiger partial charge is 0.331 e. The van der Waals surface area contributed by atoms with Gasteiger partial charge < -0.3 is 4.74 Å². The second kappa shape index (κ2) is 4.25. The Morgan fingerprint density at radius 2 is 2.50 bits per heavy atom. The van der Waals surface area contributed by atoms with Gasteiger partial charge in [0.1, 0.15) is 0 Å². The number of ether oxygens (including phenoxy) is 1. The predicted octanol–water partition coefficient (Wildman–Crippen LogP) is 2.09. The number of hydrogen-bond donors (Lipinski definition) is 0. The van der Waals surface area contributed by atoms with Crippen LogP contribution in [0.25, 0.3) is 0 Å². The van der Waals surface area contributed by atoms with Crippen molar-refractivity contribution in [3.8, 4) is 6.07 Å². The molecule has 0 aliphatic heterocycles. The molecule has 0 fully saturated rings. The van der Waals surface area contributed by atoms with Crippen LogP contribution < -0.4 is 0 Å². The zero-order valence-electron chi connectivity index (χ0n) is 8.11. The van der Waals surface area contributed by atoms with Crippen LogP contribution in [0, 0.1) is 11.3 Å². The van der Waals surface area contributed by atoms with E-state index < -0.39 is 11.4 Å². The molecule has 0 saturated carbocycles. The average molecular weight is 209 g/mol. The summed E-state index contributed by atoms with van der Waals surface area (Å²) in [5.74, 6) is -0.482. The number of hydrogen-bond acceptors (Lipinski definition) is 4. The molecule has 0 aliphatic carbocycles. The van der Waals surface area contributed by atoms with Crippen molar-refractivity contribution in [1.29, 1.82) is 5.26 Å². The number of carbonyl (C=O) groups excluding carboxylic acids is 1. The Hall–Kier alpha value is -1.34. The number of rotatable bonds is 3. The van der Waals surface area contributed by atoms with E-state index in [4.69, 9.17) is 10.00 Å². The molecule has 4 heteroatoms. The molecular formula is C10H11NO2S. The lowest BCUT2D eigenvalue weighted by Crippen LogP contribution is -2.31. The monoisotopic (exact) mass is 209 g/mol. The Kier molecular flexibility index (Phi) is 3.26. The van der Waals surface area contributed by atoms with Crippen LogP contribution >= 0.6 is 11.3 Å². The summed E-state index contributed by atoms with van der Waals surface area (Å²) < 4.78 is 4.87. The maximum absolute atomic E-state index is 11.6. The number of nitriles is 1. The third-order valence-electron chi connectivity index (χ3n) is 1.92. The van der Waals surface area contributed by atoms with E-state index in [0.717, 1.165) is 4.88 Å². The molecule has 74 valence electrons. The Balaban J connectivity index is 3.00. The van der Waals surface area contributed by atoms with Gasteiger partial charge in [0.15, 0.2) is 5.41 Å². The van der Waals surface area contributed by atoms with Gasteiger partial charge in [-0.25, -0.2) is 4.79 Å². The highest BCUT2D eigenvalue weighted by atomic mass is 32.1. The fourth-order valence-corrected chi connectivity index (χ4v) is 1.87. The molecule has 0 aromatic carbocycles. The summed E-state index contributed by atoms with van der Waals surface area (Å²) in [6, 6.07) is 5.58.